The van der Waals surface area contributed by atoms with Crippen molar-refractivity contribution in [1.29, 1.82) is 0 Å². The molecular weight excluding hydrogens is 220 g/mol. The van der Waals surface area contributed by atoms with Crippen LogP contribution in [0.25, 0.3) is 11.0 Å². The summed E-state index contributed by atoms with van der Waals surface area (Å²) in [6.45, 7) is 3.89. The van der Waals surface area contributed by atoms with Crippen molar-refractivity contribution in [2.45, 2.75) is 31.6 Å². The van der Waals surface area contributed by atoms with Crippen LogP contribution in [-0.2, 0) is 6.42 Å². The quantitative estimate of drug-likeness (QED) is 0.808. The maximum atomic E-state index is 11.8. The fourth-order valence-corrected chi connectivity index (χ4v) is 2.16. The van der Waals surface area contributed by atoms with Gasteiger partial charge >= 0.3 is 0 Å². The Morgan fingerprint density at radius 1 is 1.38 bits per heavy atom. The Hall–Kier alpha value is -1.22. The van der Waals surface area contributed by atoms with Crippen LogP contribution in [0.4, 0.5) is 0 Å². The molecule has 16 heavy (non-hydrogen) atoms. The van der Waals surface area contributed by atoms with Gasteiger partial charge in [0.1, 0.15) is 11.3 Å². The van der Waals surface area contributed by atoms with Crippen molar-refractivity contribution in [3.05, 3.63) is 39.7 Å². The standard InChI is InChI=1S/C13H14O2S/c1-3-4-10-12(16)6-5-9-11(14)7-8(2)15-13(9)10/h5-7,16H,3-4H2,1-2H3. The summed E-state index contributed by atoms with van der Waals surface area (Å²) in [4.78, 5) is 12.7. The van der Waals surface area contributed by atoms with Gasteiger partial charge < -0.3 is 4.42 Å². The van der Waals surface area contributed by atoms with E-state index in [4.69, 9.17) is 4.42 Å². The fraction of sp³-hybridized carbons (Fsp3) is 0.308. The van der Waals surface area contributed by atoms with E-state index in [1.807, 2.05) is 6.07 Å². The number of rotatable bonds is 2. The minimum Gasteiger partial charge on any atom is -0.461 e. The highest BCUT2D eigenvalue weighted by Crippen LogP contribution is 2.25. The largest absolute Gasteiger partial charge is 0.461 e. The van der Waals surface area contributed by atoms with Gasteiger partial charge in [0, 0.05) is 16.5 Å². The van der Waals surface area contributed by atoms with Crippen LogP contribution >= 0.6 is 12.6 Å². The predicted octanol–water partition coefficient (Wildman–Crippen LogP) is 3.34. The summed E-state index contributed by atoms with van der Waals surface area (Å²) in [5.74, 6) is 0.647. The minimum atomic E-state index is 0.0180. The van der Waals surface area contributed by atoms with Crippen LogP contribution in [-0.4, -0.2) is 0 Å². The maximum Gasteiger partial charge on any atom is 0.192 e. The molecule has 2 aromatic rings. The molecule has 1 aromatic heterocycles. The highest BCUT2D eigenvalue weighted by Gasteiger charge is 2.09. The molecule has 1 aromatic carbocycles. The van der Waals surface area contributed by atoms with Gasteiger partial charge in [0.15, 0.2) is 5.43 Å². The number of hydrogen-bond acceptors (Lipinski definition) is 3. The molecule has 0 unspecified atom stereocenters. The van der Waals surface area contributed by atoms with Gasteiger partial charge in [-0.3, -0.25) is 4.79 Å². The molecule has 84 valence electrons. The first-order chi connectivity index (χ1) is 7.63. The van der Waals surface area contributed by atoms with Crippen molar-refractivity contribution in [3.63, 3.8) is 0 Å². The van der Waals surface area contributed by atoms with E-state index in [2.05, 4.69) is 19.6 Å². The van der Waals surface area contributed by atoms with E-state index in [0.717, 1.165) is 23.3 Å². The molecular formula is C13H14O2S. The molecule has 0 saturated carbocycles. The summed E-state index contributed by atoms with van der Waals surface area (Å²) in [5.41, 5.74) is 1.74. The van der Waals surface area contributed by atoms with Crippen LogP contribution in [0.1, 0.15) is 24.7 Å². The molecule has 0 atom stereocenters. The molecule has 1 heterocycles. The molecule has 0 aliphatic carbocycles. The Morgan fingerprint density at radius 2 is 2.12 bits per heavy atom. The van der Waals surface area contributed by atoms with Crippen LogP contribution in [0.3, 0.4) is 0 Å². The topological polar surface area (TPSA) is 30.2 Å². The van der Waals surface area contributed by atoms with Crippen molar-refractivity contribution in [3.8, 4) is 0 Å². The monoisotopic (exact) mass is 234 g/mol. The van der Waals surface area contributed by atoms with Gasteiger partial charge in [-0.1, -0.05) is 13.3 Å². The number of hydrogen-bond donors (Lipinski definition) is 1. The first kappa shape index (κ1) is 11.3. The highest BCUT2D eigenvalue weighted by molar-refractivity contribution is 7.80. The Morgan fingerprint density at radius 3 is 2.81 bits per heavy atom. The van der Waals surface area contributed by atoms with Crippen LogP contribution in [0.5, 0.6) is 0 Å². The normalized spacial score (nSPS) is 10.9. The molecule has 0 bridgehead atoms. The van der Waals surface area contributed by atoms with Crippen LogP contribution in [0, 0.1) is 6.92 Å². The van der Waals surface area contributed by atoms with Crippen LogP contribution < -0.4 is 5.43 Å². The van der Waals surface area contributed by atoms with Crippen molar-refractivity contribution in [1.82, 2.24) is 0 Å². The van der Waals surface area contributed by atoms with Gasteiger partial charge in [-0.2, -0.15) is 0 Å². The summed E-state index contributed by atoms with van der Waals surface area (Å²) in [6, 6.07) is 5.17. The van der Waals surface area contributed by atoms with Gasteiger partial charge in [-0.25, -0.2) is 0 Å². The lowest BCUT2D eigenvalue weighted by Gasteiger charge is -2.07. The molecule has 0 fully saturated rings. The number of benzene rings is 1. The lowest BCUT2D eigenvalue weighted by molar-refractivity contribution is 0.558. The second-order valence-electron chi connectivity index (χ2n) is 3.91. The third-order valence-electron chi connectivity index (χ3n) is 2.60. The molecule has 2 rings (SSSR count). The zero-order valence-corrected chi connectivity index (χ0v) is 10.3. The first-order valence-corrected chi connectivity index (χ1v) is 5.83. The summed E-state index contributed by atoms with van der Waals surface area (Å²) in [7, 11) is 0. The predicted molar refractivity (Wildman–Crippen MR) is 68.5 cm³/mol. The Balaban J connectivity index is 2.85. The third kappa shape index (κ3) is 1.87. The molecule has 2 nitrogen and oxygen atoms in total. The summed E-state index contributed by atoms with van der Waals surface area (Å²) in [5, 5.41) is 0.645. The van der Waals surface area contributed by atoms with Gasteiger partial charge in [0.05, 0.1) is 5.39 Å². The van der Waals surface area contributed by atoms with Gasteiger partial charge in [0.2, 0.25) is 0 Å². The Bertz CT molecular complexity index is 584. The lowest BCUT2D eigenvalue weighted by Crippen LogP contribution is -2.02. The van der Waals surface area contributed by atoms with E-state index in [1.54, 1.807) is 13.0 Å². The van der Waals surface area contributed by atoms with Gasteiger partial charge in [0.25, 0.3) is 0 Å². The molecule has 0 N–H and O–H groups in total. The molecule has 0 aliphatic rings. The van der Waals surface area contributed by atoms with E-state index in [-0.39, 0.29) is 5.43 Å². The second-order valence-corrected chi connectivity index (χ2v) is 4.39. The van der Waals surface area contributed by atoms with E-state index >= 15 is 0 Å². The molecule has 0 aliphatic heterocycles. The summed E-state index contributed by atoms with van der Waals surface area (Å²) >= 11 is 4.41. The van der Waals surface area contributed by atoms with Crippen LogP contribution in [0.15, 0.2) is 32.3 Å². The van der Waals surface area contributed by atoms with Gasteiger partial charge in [-0.05, 0) is 25.5 Å². The van der Waals surface area contributed by atoms with Crippen molar-refractivity contribution in [2.24, 2.45) is 0 Å². The fourth-order valence-electron chi connectivity index (χ4n) is 1.87. The van der Waals surface area contributed by atoms with E-state index in [9.17, 15) is 4.79 Å². The Kier molecular flexibility index (Phi) is 3.06. The third-order valence-corrected chi connectivity index (χ3v) is 3.02. The molecule has 0 amide bonds. The zero-order chi connectivity index (χ0) is 11.7. The second kappa shape index (κ2) is 4.34. The summed E-state index contributed by atoms with van der Waals surface area (Å²) < 4.78 is 5.66. The smallest absolute Gasteiger partial charge is 0.192 e. The van der Waals surface area contributed by atoms with E-state index in [0.29, 0.717) is 16.7 Å². The average Bonchev–Trinajstić information content (AvgIpc) is 2.22. The van der Waals surface area contributed by atoms with Crippen molar-refractivity contribution >= 4 is 23.6 Å². The molecule has 0 radical (unpaired) electrons. The number of aryl methyl sites for hydroxylation is 2. The van der Waals surface area contributed by atoms with E-state index < -0.39 is 0 Å². The number of thiol groups is 1. The van der Waals surface area contributed by atoms with Crippen molar-refractivity contribution < 1.29 is 4.42 Å². The minimum absolute atomic E-state index is 0.0180. The number of fused-ring (bicyclic) bond motifs is 1. The first-order valence-electron chi connectivity index (χ1n) is 5.38. The van der Waals surface area contributed by atoms with Crippen molar-refractivity contribution in [2.75, 3.05) is 0 Å². The molecule has 0 saturated heterocycles. The molecule has 0 spiro atoms. The SMILES string of the molecule is CCCc1c(S)ccc2c(=O)cc(C)oc12. The summed E-state index contributed by atoms with van der Waals surface area (Å²) in [6.07, 6.45) is 1.88. The highest BCUT2D eigenvalue weighted by atomic mass is 32.1. The molecule has 3 heteroatoms. The Labute approximate surface area is 99.7 Å². The van der Waals surface area contributed by atoms with Gasteiger partial charge in [-0.15, -0.1) is 12.6 Å². The van der Waals surface area contributed by atoms with E-state index in [1.165, 1.54) is 6.07 Å². The van der Waals surface area contributed by atoms with Crippen LogP contribution in [0.2, 0.25) is 0 Å². The maximum absolute atomic E-state index is 11.8. The zero-order valence-electron chi connectivity index (χ0n) is 9.41. The average molecular weight is 234 g/mol. The lowest BCUT2D eigenvalue weighted by atomic mass is 10.1.